The molecule has 1 aromatic carbocycles. The maximum Gasteiger partial charge on any atom is 0.250 e. The van der Waals surface area contributed by atoms with Gasteiger partial charge in [-0.25, -0.2) is 0 Å². The normalized spacial score (nSPS) is 21.9. The van der Waals surface area contributed by atoms with Crippen molar-refractivity contribution < 1.29 is 4.79 Å². The Hall–Kier alpha value is -1.22. The van der Waals surface area contributed by atoms with Crippen LogP contribution in [-0.4, -0.2) is 11.9 Å². The fourth-order valence-corrected chi connectivity index (χ4v) is 3.04. The first-order chi connectivity index (χ1) is 8.90. The number of hydrogen-bond acceptors (Lipinski definition) is 2. The summed E-state index contributed by atoms with van der Waals surface area (Å²) >= 11 is 6.07. The van der Waals surface area contributed by atoms with E-state index in [1.807, 2.05) is 6.07 Å². The molecular weight excluding hydrogens is 260 g/mol. The summed E-state index contributed by atoms with van der Waals surface area (Å²) in [5.74, 6) is -0.491. The number of benzene rings is 1. The third kappa shape index (κ3) is 3.21. The number of amides is 1. The maximum absolute atomic E-state index is 11.1. The third-order valence-corrected chi connectivity index (χ3v) is 4.40. The van der Waals surface area contributed by atoms with E-state index in [-0.39, 0.29) is 5.41 Å². The number of primary amides is 1. The molecule has 104 valence electrons. The van der Waals surface area contributed by atoms with E-state index in [1.165, 1.54) is 25.7 Å². The Balaban J connectivity index is 2.15. The molecule has 3 N–H and O–H groups in total. The predicted octanol–water partition coefficient (Wildman–Crippen LogP) is 3.82. The number of nitrogens with one attached hydrogen (secondary N) is 1. The van der Waals surface area contributed by atoms with Crippen molar-refractivity contribution in [2.24, 2.45) is 11.1 Å². The van der Waals surface area contributed by atoms with Gasteiger partial charge in [0.05, 0.1) is 10.6 Å². The Labute approximate surface area is 119 Å². The number of halogens is 1. The van der Waals surface area contributed by atoms with Crippen molar-refractivity contribution >= 4 is 23.2 Å². The summed E-state index contributed by atoms with van der Waals surface area (Å²) in [5.41, 5.74) is 6.86. The number of carbonyl (C=O) groups excluding carboxylic acids is 1. The standard InChI is InChI=1S/C15H21ClN2O/c1-15(2)8-4-3-5-13(15)18-10-6-7-11(14(17)19)12(16)9-10/h6-7,9,13,18H,3-5,8H2,1-2H3,(H2,17,19). The quantitative estimate of drug-likeness (QED) is 0.884. The van der Waals surface area contributed by atoms with Crippen LogP contribution in [0.15, 0.2) is 18.2 Å². The van der Waals surface area contributed by atoms with Crippen LogP contribution in [0, 0.1) is 5.41 Å². The first-order valence-electron chi connectivity index (χ1n) is 6.76. The number of anilines is 1. The highest BCUT2D eigenvalue weighted by molar-refractivity contribution is 6.34. The van der Waals surface area contributed by atoms with E-state index in [1.54, 1.807) is 12.1 Å². The molecule has 1 amide bonds. The van der Waals surface area contributed by atoms with Gasteiger partial charge in [-0.1, -0.05) is 38.3 Å². The lowest BCUT2D eigenvalue weighted by Gasteiger charge is -2.39. The molecule has 2 rings (SSSR count). The van der Waals surface area contributed by atoms with Crippen LogP contribution in [0.3, 0.4) is 0 Å². The molecule has 3 nitrogen and oxygen atoms in total. The van der Waals surface area contributed by atoms with Gasteiger partial charge >= 0.3 is 0 Å². The summed E-state index contributed by atoms with van der Waals surface area (Å²) in [6.07, 6.45) is 4.96. The second-order valence-electron chi connectivity index (χ2n) is 5.99. The highest BCUT2D eigenvalue weighted by atomic mass is 35.5. The fraction of sp³-hybridized carbons (Fsp3) is 0.533. The van der Waals surface area contributed by atoms with Crippen molar-refractivity contribution in [3.05, 3.63) is 28.8 Å². The van der Waals surface area contributed by atoms with Crippen molar-refractivity contribution in [1.29, 1.82) is 0 Å². The largest absolute Gasteiger partial charge is 0.382 e. The zero-order valence-corrected chi connectivity index (χ0v) is 12.3. The Bertz CT molecular complexity index is 485. The van der Waals surface area contributed by atoms with Crippen molar-refractivity contribution in [2.45, 2.75) is 45.6 Å². The molecule has 1 saturated carbocycles. The summed E-state index contributed by atoms with van der Waals surface area (Å²) in [6.45, 7) is 4.59. The number of hydrogen-bond donors (Lipinski definition) is 2. The van der Waals surface area contributed by atoms with E-state index in [0.29, 0.717) is 16.6 Å². The second kappa shape index (κ2) is 5.41. The Morgan fingerprint density at radius 2 is 2.16 bits per heavy atom. The smallest absolute Gasteiger partial charge is 0.250 e. The van der Waals surface area contributed by atoms with Crippen LogP contribution < -0.4 is 11.1 Å². The summed E-state index contributed by atoms with van der Waals surface area (Å²) in [6, 6.07) is 5.78. The molecule has 1 atom stereocenters. The summed E-state index contributed by atoms with van der Waals surface area (Å²) in [7, 11) is 0. The molecule has 0 spiro atoms. The van der Waals surface area contributed by atoms with Gasteiger partial charge in [0.25, 0.3) is 0 Å². The van der Waals surface area contributed by atoms with E-state index < -0.39 is 5.91 Å². The third-order valence-electron chi connectivity index (χ3n) is 4.08. The first kappa shape index (κ1) is 14.2. The number of rotatable bonds is 3. The molecule has 0 saturated heterocycles. The topological polar surface area (TPSA) is 55.1 Å². The number of carbonyl (C=O) groups is 1. The molecule has 1 aliphatic carbocycles. The van der Waals surface area contributed by atoms with Crippen LogP contribution in [0.25, 0.3) is 0 Å². The number of nitrogens with two attached hydrogens (primary N) is 1. The summed E-state index contributed by atoms with van der Waals surface area (Å²) < 4.78 is 0. The van der Waals surface area contributed by atoms with Gasteiger partial charge in [-0.05, 0) is 36.5 Å². The molecule has 1 fully saturated rings. The molecule has 0 aliphatic heterocycles. The van der Waals surface area contributed by atoms with E-state index in [4.69, 9.17) is 17.3 Å². The van der Waals surface area contributed by atoms with Crippen LogP contribution in [0.1, 0.15) is 49.9 Å². The van der Waals surface area contributed by atoms with Gasteiger partial charge in [0.2, 0.25) is 5.91 Å². The lowest BCUT2D eigenvalue weighted by molar-refractivity contribution is 0.100. The molecule has 4 heteroatoms. The van der Waals surface area contributed by atoms with Crippen LogP contribution in [-0.2, 0) is 0 Å². The van der Waals surface area contributed by atoms with Crippen molar-refractivity contribution in [2.75, 3.05) is 5.32 Å². The second-order valence-corrected chi connectivity index (χ2v) is 6.40. The minimum atomic E-state index is -0.491. The molecule has 0 heterocycles. The molecule has 0 bridgehead atoms. The van der Waals surface area contributed by atoms with Crippen LogP contribution in [0.5, 0.6) is 0 Å². The Morgan fingerprint density at radius 3 is 2.74 bits per heavy atom. The van der Waals surface area contributed by atoms with Gasteiger partial charge in [-0.3, -0.25) is 4.79 Å². The minimum Gasteiger partial charge on any atom is -0.382 e. The lowest BCUT2D eigenvalue weighted by Crippen LogP contribution is -2.38. The summed E-state index contributed by atoms with van der Waals surface area (Å²) in [5, 5.41) is 3.95. The van der Waals surface area contributed by atoms with E-state index in [9.17, 15) is 4.79 Å². The minimum absolute atomic E-state index is 0.285. The molecule has 0 radical (unpaired) electrons. The first-order valence-corrected chi connectivity index (χ1v) is 7.14. The van der Waals surface area contributed by atoms with E-state index >= 15 is 0 Å². The van der Waals surface area contributed by atoms with Crippen LogP contribution in [0.2, 0.25) is 5.02 Å². The molecule has 0 aromatic heterocycles. The zero-order valence-electron chi connectivity index (χ0n) is 11.5. The summed E-state index contributed by atoms with van der Waals surface area (Å²) in [4.78, 5) is 11.1. The molecule has 1 aromatic rings. The van der Waals surface area contributed by atoms with Crippen LogP contribution >= 0.6 is 11.6 Å². The Kier molecular flexibility index (Phi) is 4.04. The lowest BCUT2D eigenvalue weighted by atomic mass is 9.73. The SMILES string of the molecule is CC1(C)CCCCC1Nc1ccc(C(N)=O)c(Cl)c1. The Morgan fingerprint density at radius 1 is 1.42 bits per heavy atom. The van der Waals surface area contributed by atoms with Gasteiger partial charge in [-0.15, -0.1) is 0 Å². The molecule has 1 aliphatic rings. The highest BCUT2D eigenvalue weighted by Crippen LogP contribution is 2.37. The van der Waals surface area contributed by atoms with Gasteiger partial charge < -0.3 is 11.1 Å². The van der Waals surface area contributed by atoms with Crippen molar-refractivity contribution in [3.63, 3.8) is 0 Å². The van der Waals surface area contributed by atoms with E-state index in [2.05, 4.69) is 19.2 Å². The van der Waals surface area contributed by atoms with Gasteiger partial charge in [0, 0.05) is 11.7 Å². The molecule has 1 unspecified atom stereocenters. The average molecular weight is 281 g/mol. The molecular formula is C15H21ClN2O. The van der Waals surface area contributed by atoms with Crippen LogP contribution in [0.4, 0.5) is 5.69 Å². The highest BCUT2D eigenvalue weighted by Gasteiger charge is 2.32. The van der Waals surface area contributed by atoms with Gasteiger partial charge in [-0.2, -0.15) is 0 Å². The fourth-order valence-electron chi connectivity index (χ4n) is 2.77. The molecule has 19 heavy (non-hydrogen) atoms. The van der Waals surface area contributed by atoms with Crippen molar-refractivity contribution in [1.82, 2.24) is 0 Å². The van der Waals surface area contributed by atoms with Gasteiger partial charge in [0.15, 0.2) is 0 Å². The van der Waals surface area contributed by atoms with Crippen molar-refractivity contribution in [3.8, 4) is 0 Å². The monoisotopic (exact) mass is 280 g/mol. The zero-order chi connectivity index (χ0) is 14.0. The average Bonchev–Trinajstić information content (AvgIpc) is 2.31. The van der Waals surface area contributed by atoms with Gasteiger partial charge in [0.1, 0.15) is 0 Å². The maximum atomic E-state index is 11.1. The van der Waals surface area contributed by atoms with E-state index in [0.717, 1.165) is 5.69 Å². The predicted molar refractivity (Wildman–Crippen MR) is 79.6 cm³/mol.